The topological polar surface area (TPSA) is 42.9 Å². The molecule has 2 aliphatic heterocycles. The molecule has 0 bridgehead atoms. The molecule has 2 fully saturated rings. The number of nitrogens with one attached hydrogen (secondary N) is 2. The number of guanidine groups is 1. The van der Waals surface area contributed by atoms with Gasteiger partial charge in [-0.3, -0.25) is 4.99 Å². The minimum Gasteiger partial charge on any atom is -0.357 e. The maximum atomic E-state index is 4.78. The third kappa shape index (κ3) is 10.3. The predicted molar refractivity (Wildman–Crippen MR) is 128 cm³/mol. The quantitative estimate of drug-likeness (QED) is 0.224. The molecule has 0 saturated carbocycles. The number of piperidine rings is 2. The Morgan fingerprint density at radius 2 is 1.63 bits per heavy atom. The van der Waals surface area contributed by atoms with Crippen molar-refractivity contribution in [3.8, 4) is 0 Å². The maximum absolute atomic E-state index is 4.78. The summed E-state index contributed by atoms with van der Waals surface area (Å²) in [5, 5.41) is 6.95. The first kappa shape index (κ1) is 25.0. The smallest absolute Gasteiger partial charge is 0.191 e. The zero-order valence-electron chi connectivity index (χ0n) is 18.0. The van der Waals surface area contributed by atoms with Gasteiger partial charge < -0.3 is 20.4 Å². The van der Waals surface area contributed by atoms with Crippen LogP contribution in [-0.2, 0) is 0 Å². The Bertz CT molecular complexity index is 388. The molecule has 0 amide bonds. The van der Waals surface area contributed by atoms with Crippen LogP contribution in [0, 0.1) is 11.8 Å². The van der Waals surface area contributed by atoms with Gasteiger partial charge in [-0.25, -0.2) is 0 Å². The summed E-state index contributed by atoms with van der Waals surface area (Å²) in [5.74, 6) is 2.81. The number of nitrogens with zero attached hydrogens (tertiary/aromatic N) is 3. The SMILES string of the molecule is CCNC(=NCCCN1CCC(C)CC1)NCCC1CCN(CC)CC1.I. The minimum absolute atomic E-state index is 0. The van der Waals surface area contributed by atoms with E-state index in [9.17, 15) is 0 Å². The van der Waals surface area contributed by atoms with E-state index in [1.807, 2.05) is 0 Å². The highest BCUT2D eigenvalue weighted by atomic mass is 127. The molecule has 0 spiro atoms. The molecule has 2 saturated heterocycles. The van der Waals surface area contributed by atoms with Crippen molar-refractivity contribution in [2.45, 2.75) is 59.3 Å². The lowest BCUT2D eigenvalue weighted by Gasteiger charge is -2.31. The van der Waals surface area contributed by atoms with Crippen LogP contribution in [0.4, 0.5) is 0 Å². The van der Waals surface area contributed by atoms with Crippen molar-refractivity contribution < 1.29 is 0 Å². The van der Waals surface area contributed by atoms with Gasteiger partial charge in [0.15, 0.2) is 5.96 Å². The number of aliphatic imine (C=N–C) groups is 1. The van der Waals surface area contributed by atoms with Gasteiger partial charge in [0.25, 0.3) is 0 Å². The van der Waals surface area contributed by atoms with Crippen LogP contribution in [0.5, 0.6) is 0 Å². The first-order valence-corrected chi connectivity index (χ1v) is 11.2. The lowest BCUT2D eigenvalue weighted by molar-refractivity contribution is 0.187. The normalized spacial score (nSPS) is 21.1. The van der Waals surface area contributed by atoms with E-state index < -0.39 is 0 Å². The van der Waals surface area contributed by atoms with Gasteiger partial charge in [-0.2, -0.15) is 0 Å². The molecule has 27 heavy (non-hydrogen) atoms. The van der Waals surface area contributed by atoms with Crippen LogP contribution in [0.2, 0.25) is 0 Å². The Hall–Kier alpha value is -0.0800. The Balaban J connectivity index is 0.00000364. The summed E-state index contributed by atoms with van der Waals surface area (Å²) >= 11 is 0. The predicted octanol–water partition coefficient (Wildman–Crippen LogP) is 3.40. The van der Waals surface area contributed by atoms with Gasteiger partial charge in [0.1, 0.15) is 0 Å². The van der Waals surface area contributed by atoms with E-state index in [2.05, 4.69) is 41.2 Å². The zero-order valence-corrected chi connectivity index (χ0v) is 20.3. The fourth-order valence-corrected chi connectivity index (χ4v) is 4.10. The van der Waals surface area contributed by atoms with Gasteiger partial charge in [-0.05, 0) is 96.6 Å². The number of likely N-dealkylation sites (tertiary alicyclic amines) is 2. The molecule has 0 aromatic heterocycles. The molecule has 160 valence electrons. The van der Waals surface area contributed by atoms with Crippen molar-refractivity contribution in [1.29, 1.82) is 0 Å². The average molecular weight is 494 g/mol. The fourth-order valence-electron chi connectivity index (χ4n) is 4.10. The molecule has 2 N–H and O–H groups in total. The van der Waals surface area contributed by atoms with Gasteiger partial charge >= 0.3 is 0 Å². The molecule has 0 aromatic rings. The molecule has 6 heteroatoms. The van der Waals surface area contributed by atoms with E-state index in [4.69, 9.17) is 4.99 Å². The second kappa shape index (κ2) is 14.9. The van der Waals surface area contributed by atoms with E-state index in [-0.39, 0.29) is 24.0 Å². The highest BCUT2D eigenvalue weighted by molar-refractivity contribution is 14.0. The Labute approximate surface area is 185 Å². The van der Waals surface area contributed by atoms with Crippen LogP contribution in [0.15, 0.2) is 4.99 Å². The summed E-state index contributed by atoms with van der Waals surface area (Å²) in [5.41, 5.74) is 0. The van der Waals surface area contributed by atoms with Gasteiger partial charge in [0.2, 0.25) is 0 Å². The lowest BCUT2D eigenvalue weighted by atomic mass is 9.93. The van der Waals surface area contributed by atoms with Crippen LogP contribution in [-0.4, -0.2) is 74.7 Å². The van der Waals surface area contributed by atoms with E-state index in [0.717, 1.165) is 37.4 Å². The van der Waals surface area contributed by atoms with Crippen molar-refractivity contribution in [2.24, 2.45) is 16.8 Å². The highest BCUT2D eigenvalue weighted by Crippen LogP contribution is 2.19. The summed E-state index contributed by atoms with van der Waals surface area (Å²) in [6.07, 6.45) is 7.89. The molecule has 0 radical (unpaired) electrons. The molecule has 0 unspecified atom stereocenters. The molecule has 0 aliphatic carbocycles. The standard InChI is InChI=1S/C21H43N5.HI/c1-4-22-21(23-12-6-14-26-15-8-19(3)9-16-26)24-13-7-20-10-17-25(5-2)18-11-20;/h19-20H,4-18H2,1-3H3,(H2,22,23,24);1H. The van der Waals surface area contributed by atoms with Crippen molar-refractivity contribution >= 4 is 29.9 Å². The van der Waals surface area contributed by atoms with Crippen LogP contribution < -0.4 is 10.6 Å². The Morgan fingerprint density at radius 1 is 0.963 bits per heavy atom. The monoisotopic (exact) mass is 493 g/mol. The first-order valence-electron chi connectivity index (χ1n) is 11.2. The Kier molecular flexibility index (Phi) is 13.7. The van der Waals surface area contributed by atoms with Crippen LogP contribution in [0.25, 0.3) is 0 Å². The summed E-state index contributed by atoms with van der Waals surface area (Å²) in [6, 6.07) is 0. The van der Waals surface area contributed by atoms with Gasteiger partial charge in [-0.15, -0.1) is 24.0 Å². The summed E-state index contributed by atoms with van der Waals surface area (Å²) in [7, 11) is 0. The second-order valence-corrected chi connectivity index (χ2v) is 8.23. The number of rotatable bonds is 9. The summed E-state index contributed by atoms with van der Waals surface area (Å²) < 4.78 is 0. The van der Waals surface area contributed by atoms with Crippen molar-refractivity contribution in [1.82, 2.24) is 20.4 Å². The number of hydrogen-bond donors (Lipinski definition) is 2. The zero-order chi connectivity index (χ0) is 18.6. The third-order valence-electron chi connectivity index (χ3n) is 6.12. The fraction of sp³-hybridized carbons (Fsp3) is 0.952. The average Bonchev–Trinajstić information content (AvgIpc) is 2.67. The van der Waals surface area contributed by atoms with Crippen molar-refractivity contribution in [3.05, 3.63) is 0 Å². The lowest BCUT2D eigenvalue weighted by Crippen LogP contribution is -2.39. The minimum atomic E-state index is 0. The molecule has 2 aliphatic rings. The van der Waals surface area contributed by atoms with Crippen LogP contribution >= 0.6 is 24.0 Å². The van der Waals surface area contributed by atoms with Crippen molar-refractivity contribution in [2.75, 3.05) is 58.9 Å². The second-order valence-electron chi connectivity index (χ2n) is 8.23. The Morgan fingerprint density at radius 3 is 2.26 bits per heavy atom. The third-order valence-corrected chi connectivity index (χ3v) is 6.12. The molecule has 5 nitrogen and oxygen atoms in total. The van der Waals surface area contributed by atoms with Crippen LogP contribution in [0.1, 0.15) is 59.3 Å². The number of halogens is 1. The molecule has 0 aromatic carbocycles. The first-order chi connectivity index (χ1) is 12.7. The highest BCUT2D eigenvalue weighted by Gasteiger charge is 2.17. The molecular weight excluding hydrogens is 449 g/mol. The summed E-state index contributed by atoms with van der Waals surface area (Å²) in [6.45, 7) is 17.2. The largest absolute Gasteiger partial charge is 0.357 e. The van der Waals surface area contributed by atoms with Crippen LogP contribution in [0.3, 0.4) is 0 Å². The van der Waals surface area contributed by atoms with Gasteiger partial charge in [0, 0.05) is 19.6 Å². The van der Waals surface area contributed by atoms with Crippen molar-refractivity contribution in [3.63, 3.8) is 0 Å². The van der Waals surface area contributed by atoms with Gasteiger partial charge in [0.05, 0.1) is 0 Å². The maximum Gasteiger partial charge on any atom is 0.191 e. The van der Waals surface area contributed by atoms with E-state index in [1.165, 1.54) is 77.8 Å². The molecular formula is C21H44IN5. The molecule has 0 atom stereocenters. The molecule has 2 rings (SSSR count). The van der Waals surface area contributed by atoms with Gasteiger partial charge in [-0.1, -0.05) is 13.8 Å². The van der Waals surface area contributed by atoms with E-state index in [0.29, 0.717) is 0 Å². The molecule has 2 heterocycles. The number of hydrogen-bond acceptors (Lipinski definition) is 3. The van der Waals surface area contributed by atoms with E-state index in [1.54, 1.807) is 0 Å². The van der Waals surface area contributed by atoms with E-state index >= 15 is 0 Å². The summed E-state index contributed by atoms with van der Waals surface area (Å²) in [4.78, 5) is 9.96.